The predicted octanol–water partition coefficient (Wildman–Crippen LogP) is 3.60. The molecule has 5 heteroatoms. The Bertz CT molecular complexity index is 773. The van der Waals surface area contributed by atoms with Crippen LogP contribution in [0.15, 0.2) is 36.4 Å². The number of ether oxygens (including phenoxy) is 2. The minimum Gasteiger partial charge on any atom is -0.496 e. The van der Waals surface area contributed by atoms with Crippen LogP contribution in [0.5, 0.6) is 11.5 Å². The lowest BCUT2D eigenvalue weighted by Crippen LogP contribution is -2.45. The molecular formula is C21H25ClN2O2. The molecule has 0 atom stereocenters. The van der Waals surface area contributed by atoms with E-state index in [0.717, 1.165) is 74.4 Å². The van der Waals surface area contributed by atoms with Crippen molar-refractivity contribution in [2.75, 3.05) is 39.9 Å². The van der Waals surface area contributed by atoms with E-state index in [1.165, 1.54) is 11.1 Å². The highest BCUT2D eigenvalue weighted by molar-refractivity contribution is 6.30. The Hall–Kier alpha value is -1.75. The lowest BCUT2D eigenvalue weighted by molar-refractivity contribution is 0.121. The van der Waals surface area contributed by atoms with Crippen molar-refractivity contribution in [3.8, 4) is 11.5 Å². The molecule has 0 spiro atoms. The first kappa shape index (κ1) is 17.7. The number of piperazine rings is 1. The quantitative estimate of drug-likeness (QED) is 0.800. The Morgan fingerprint density at radius 2 is 1.77 bits per heavy atom. The normalized spacial score (nSPS) is 17.8. The van der Waals surface area contributed by atoms with Gasteiger partial charge in [0.15, 0.2) is 0 Å². The molecule has 0 unspecified atom stereocenters. The summed E-state index contributed by atoms with van der Waals surface area (Å²) in [5, 5.41) is 0.764. The average molecular weight is 373 g/mol. The molecule has 1 fully saturated rings. The molecule has 138 valence electrons. The molecule has 0 aromatic heterocycles. The summed E-state index contributed by atoms with van der Waals surface area (Å²) in [5.74, 6) is 1.98. The summed E-state index contributed by atoms with van der Waals surface area (Å²) in [5.41, 5.74) is 3.90. The van der Waals surface area contributed by atoms with E-state index in [4.69, 9.17) is 21.1 Å². The maximum absolute atomic E-state index is 6.15. The molecule has 1 saturated heterocycles. The minimum atomic E-state index is 0.764. The van der Waals surface area contributed by atoms with Gasteiger partial charge in [-0.15, -0.1) is 0 Å². The number of hydrogen-bond donors (Lipinski definition) is 0. The molecule has 2 aliphatic rings. The highest BCUT2D eigenvalue weighted by Crippen LogP contribution is 2.27. The average Bonchev–Trinajstić information content (AvgIpc) is 3.11. The van der Waals surface area contributed by atoms with Crippen LogP contribution in [0, 0.1) is 0 Å². The standard InChI is InChI=1S/C21H25ClN2O2/c1-25-20-5-3-19(22)13-18(20)15-24-9-7-23(8-10-24)14-16-2-4-21-17(12-16)6-11-26-21/h2-5,12-13H,6-11,14-15H2,1H3. The molecule has 0 amide bonds. The van der Waals surface area contributed by atoms with E-state index in [2.05, 4.69) is 28.0 Å². The molecule has 0 bridgehead atoms. The van der Waals surface area contributed by atoms with Gasteiger partial charge >= 0.3 is 0 Å². The van der Waals surface area contributed by atoms with Gasteiger partial charge in [-0.3, -0.25) is 9.80 Å². The molecule has 26 heavy (non-hydrogen) atoms. The molecule has 4 rings (SSSR count). The number of fused-ring (bicyclic) bond motifs is 1. The SMILES string of the molecule is COc1ccc(Cl)cc1CN1CCN(Cc2ccc3c(c2)CCO3)CC1. The number of halogens is 1. The third-order valence-corrected chi connectivity index (χ3v) is 5.50. The second kappa shape index (κ2) is 7.87. The summed E-state index contributed by atoms with van der Waals surface area (Å²) < 4.78 is 11.1. The second-order valence-electron chi connectivity index (χ2n) is 7.05. The first-order valence-corrected chi connectivity index (χ1v) is 9.61. The van der Waals surface area contributed by atoms with E-state index in [1.807, 2.05) is 18.2 Å². The van der Waals surface area contributed by atoms with Gasteiger partial charge in [-0.1, -0.05) is 23.7 Å². The molecular weight excluding hydrogens is 348 g/mol. The largest absolute Gasteiger partial charge is 0.496 e. The third kappa shape index (κ3) is 3.98. The number of nitrogens with zero attached hydrogens (tertiary/aromatic N) is 2. The van der Waals surface area contributed by atoms with Gasteiger partial charge in [0.1, 0.15) is 11.5 Å². The van der Waals surface area contributed by atoms with Gasteiger partial charge in [0, 0.05) is 56.3 Å². The smallest absolute Gasteiger partial charge is 0.123 e. The van der Waals surface area contributed by atoms with Crippen LogP contribution < -0.4 is 9.47 Å². The molecule has 2 aliphatic heterocycles. The summed E-state index contributed by atoms with van der Waals surface area (Å²) in [7, 11) is 1.71. The number of hydrogen-bond acceptors (Lipinski definition) is 4. The topological polar surface area (TPSA) is 24.9 Å². The van der Waals surface area contributed by atoms with Gasteiger partial charge in [-0.2, -0.15) is 0 Å². The van der Waals surface area contributed by atoms with Crippen LogP contribution in [-0.2, 0) is 19.5 Å². The third-order valence-electron chi connectivity index (χ3n) is 5.26. The number of rotatable bonds is 5. The Morgan fingerprint density at radius 1 is 1.00 bits per heavy atom. The number of methoxy groups -OCH3 is 1. The van der Waals surface area contributed by atoms with Crippen LogP contribution in [0.25, 0.3) is 0 Å². The van der Waals surface area contributed by atoms with E-state index in [9.17, 15) is 0 Å². The van der Waals surface area contributed by atoms with Crippen molar-refractivity contribution in [1.29, 1.82) is 0 Å². The van der Waals surface area contributed by atoms with Gasteiger partial charge < -0.3 is 9.47 Å². The molecule has 0 saturated carbocycles. The molecule has 0 radical (unpaired) electrons. The van der Waals surface area contributed by atoms with E-state index < -0.39 is 0 Å². The van der Waals surface area contributed by atoms with Crippen molar-refractivity contribution in [3.63, 3.8) is 0 Å². The lowest BCUT2D eigenvalue weighted by Gasteiger charge is -2.35. The van der Waals surface area contributed by atoms with Crippen LogP contribution in [0.4, 0.5) is 0 Å². The van der Waals surface area contributed by atoms with Crippen LogP contribution in [0.2, 0.25) is 5.02 Å². The summed E-state index contributed by atoms with van der Waals surface area (Å²) in [6, 6.07) is 12.5. The summed E-state index contributed by atoms with van der Waals surface area (Å²) in [6.45, 7) is 7.00. The lowest BCUT2D eigenvalue weighted by atomic mass is 10.1. The minimum absolute atomic E-state index is 0.764. The van der Waals surface area contributed by atoms with Crippen LogP contribution >= 0.6 is 11.6 Å². The van der Waals surface area contributed by atoms with Crippen LogP contribution in [-0.4, -0.2) is 49.7 Å². The van der Waals surface area contributed by atoms with Gasteiger partial charge in [-0.25, -0.2) is 0 Å². The van der Waals surface area contributed by atoms with Crippen molar-refractivity contribution < 1.29 is 9.47 Å². The Labute approximate surface area is 160 Å². The van der Waals surface area contributed by atoms with Crippen molar-refractivity contribution in [3.05, 3.63) is 58.1 Å². The van der Waals surface area contributed by atoms with E-state index in [0.29, 0.717) is 0 Å². The van der Waals surface area contributed by atoms with Gasteiger partial charge in [-0.05, 0) is 35.4 Å². The molecule has 0 aliphatic carbocycles. The Balaban J connectivity index is 1.32. The first-order valence-electron chi connectivity index (χ1n) is 9.23. The highest BCUT2D eigenvalue weighted by Gasteiger charge is 2.19. The van der Waals surface area contributed by atoms with Crippen LogP contribution in [0.3, 0.4) is 0 Å². The zero-order valence-corrected chi connectivity index (χ0v) is 16.0. The Morgan fingerprint density at radius 3 is 2.54 bits per heavy atom. The fourth-order valence-electron chi connectivity index (χ4n) is 3.81. The van der Waals surface area contributed by atoms with Crippen molar-refractivity contribution in [2.24, 2.45) is 0 Å². The molecule has 2 aromatic rings. The zero-order chi connectivity index (χ0) is 17.9. The first-order chi connectivity index (χ1) is 12.7. The second-order valence-corrected chi connectivity index (χ2v) is 7.49. The Kier molecular flexibility index (Phi) is 5.34. The highest BCUT2D eigenvalue weighted by atomic mass is 35.5. The van der Waals surface area contributed by atoms with Gasteiger partial charge in [0.05, 0.1) is 13.7 Å². The zero-order valence-electron chi connectivity index (χ0n) is 15.2. The van der Waals surface area contributed by atoms with Gasteiger partial charge in [0.25, 0.3) is 0 Å². The van der Waals surface area contributed by atoms with Crippen molar-refractivity contribution >= 4 is 11.6 Å². The van der Waals surface area contributed by atoms with Crippen molar-refractivity contribution in [1.82, 2.24) is 9.80 Å². The summed E-state index contributed by atoms with van der Waals surface area (Å²) in [4.78, 5) is 5.00. The van der Waals surface area contributed by atoms with E-state index >= 15 is 0 Å². The molecule has 0 N–H and O–H groups in total. The maximum atomic E-state index is 6.15. The summed E-state index contributed by atoms with van der Waals surface area (Å²) in [6.07, 6.45) is 1.04. The van der Waals surface area contributed by atoms with E-state index in [-0.39, 0.29) is 0 Å². The fourth-order valence-corrected chi connectivity index (χ4v) is 4.01. The van der Waals surface area contributed by atoms with Crippen LogP contribution in [0.1, 0.15) is 16.7 Å². The monoisotopic (exact) mass is 372 g/mol. The maximum Gasteiger partial charge on any atom is 0.123 e. The molecule has 2 heterocycles. The van der Waals surface area contributed by atoms with E-state index in [1.54, 1.807) is 7.11 Å². The van der Waals surface area contributed by atoms with Crippen molar-refractivity contribution in [2.45, 2.75) is 19.5 Å². The predicted molar refractivity (Wildman–Crippen MR) is 104 cm³/mol. The van der Waals surface area contributed by atoms with Gasteiger partial charge in [0.2, 0.25) is 0 Å². The molecule has 4 nitrogen and oxygen atoms in total. The molecule has 2 aromatic carbocycles. The summed E-state index contributed by atoms with van der Waals surface area (Å²) >= 11 is 6.15. The number of benzene rings is 2. The fraction of sp³-hybridized carbons (Fsp3) is 0.429.